The van der Waals surface area contributed by atoms with Crippen LogP contribution < -0.4 is 10.9 Å². The molecule has 3 N–H and O–H groups in total. The minimum absolute atomic E-state index is 0.00551. The Bertz CT molecular complexity index is 1660. The van der Waals surface area contributed by atoms with Crippen LogP contribution in [0.3, 0.4) is 0 Å². The number of rotatable bonds is 8. The number of hydrogen-bond acceptors (Lipinski definition) is 5. The lowest BCUT2D eigenvalue weighted by molar-refractivity contribution is -0.141. The van der Waals surface area contributed by atoms with Gasteiger partial charge in [0.15, 0.2) is 0 Å². The Morgan fingerprint density at radius 1 is 1.02 bits per heavy atom. The second kappa shape index (κ2) is 12.5. The molecule has 0 radical (unpaired) electrons. The molecule has 8 atom stereocenters. The molecular weight excluding hydrogens is 581 g/mol. The predicted octanol–water partition coefficient (Wildman–Crippen LogP) is 6.56. The van der Waals surface area contributed by atoms with Crippen LogP contribution in [0.5, 0.6) is 0 Å². The largest absolute Gasteiger partial charge is 0.393 e. The first kappa shape index (κ1) is 31.5. The van der Waals surface area contributed by atoms with E-state index >= 15 is 0 Å². The van der Waals surface area contributed by atoms with Crippen LogP contribution in [0.1, 0.15) is 99.7 Å². The molecule has 8 heteroatoms. The van der Waals surface area contributed by atoms with Crippen LogP contribution in [0.4, 0.5) is 4.39 Å². The van der Waals surface area contributed by atoms with Gasteiger partial charge in [-0.1, -0.05) is 38.1 Å². The van der Waals surface area contributed by atoms with E-state index in [1.165, 1.54) is 44.6 Å². The summed E-state index contributed by atoms with van der Waals surface area (Å²) in [5, 5.41) is 21.3. The van der Waals surface area contributed by atoms with Crippen LogP contribution in [-0.4, -0.2) is 46.6 Å². The number of nitrogens with zero attached hydrogens (tertiary/aromatic N) is 1. The van der Waals surface area contributed by atoms with Crippen molar-refractivity contribution in [1.82, 2.24) is 15.5 Å². The lowest BCUT2D eigenvalue weighted by Crippen LogP contribution is -2.54. The number of aromatic nitrogens is 2. The van der Waals surface area contributed by atoms with E-state index in [1.807, 2.05) is 12.1 Å². The van der Waals surface area contributed by atoms with E-state index in [4.69, 9.17) is 4.74 Å². The first-order valence-corrected chi connectivity index (χ1v) is 17.5. The van der Waals surface area contributed by atoms with E-state index in [2.05, 4.69) is 29.4 Å². The molecule has 246 valence electrons. The molecule has 1 heterocycles. The Kier molecular flexibility index (Phi) is 8.55. The SMILES string of the molecule is C[C@]12CCC(O)C[C@@H]1CC[C@@H]1[C@@H]2CC[C@]2(C)[C@@H](OCCCNC(=O)c3cc(Cc4n[nH]c(=O)c5ccccc45)ccc3F)CC[C@@H]12. The van der Waals surface area contributed by atoms with Gasteiger partial charge in [-0.15, -0.1) is 0 Å². The van der Waals surface area contributed by atoms with Gasteiger partial charge in [-0.3, -0.25) is 9.59 Å². The molecule has 0 saturated heterocycles. The van der Waals surface area contributed by atoms with Crippen LogP contribution in [0.2, 0.25) is 0 Å². The van der Waals surface area contributed by atoms with Crippen molar-refractivity contribution < 1.29 is 19.0 Å². The maximum atomic E-state index is 14.7. The fourth-order valence-electron chi connectivity index (χ4n) is 10.4. The Hall–Kier alpha value is -3.10. The third-order valence-corrected chi connectivity index (χ3v) is 12.9. The Balaban J connectivity index is 0.918. The van der Waals surface area contributed by atoms with Gasteiger partial charge >= 0.3 is 0 Å². The van der Waals surface area contributed by atoms with Crippen LogP contribution >= 0.6 is 0 Å². The number of hydrogen-bond donors (Lipinski definition) is 3. The summed E-state index contributed by atoms with van der Waals surface area (Å²) in [6.45, 7) is 5.99. The first-order valence-electron chi connectivity index (χ1n) is 17.5. The predicted molar refractivity (Wildman–Crippen MR) is 176 cm³/mol. The van der Waals surface area contributed by atoms with Crippen molar-refractivity contribution in [3.8, 4) is 0 Å². The number of aliphatic hydroxyl groups is 1. The van der Waals surface area contributed by atoms with Crippen molar-refractivity contribution in [2.24, 2.45) is 34.5 Å². The quantitative estimate of drug-likeness (QED) is 0.245. The summed E-state index contributed by atoms with van der Waals surface area (Å²) in [7, 11) is 0. The van der Waals surface area contributed by atoms with E-state index < -0.39 is 11.7 Å². The summed E-state index contributed by atoms with van der Waals surface area (Å²) < 4.78 is 21.3. The number of nitrogens with one attached hydrogen (secondary N) is 2. The molecule has 1 unspecified atom stereocenters. The Morgan fingerprint density at radius 2 is 1.80 bits per heavy atom. The molecule has 4 saturated carbocycles. The third-order valence-electron chi connectivity index (χ3n) is 12.9. The second-order valence-corrected chi connectivity index (χ2v) is 15.2. The van der Waals surface area contributed by atoms with Crippen LogP contribution in [0.15, 0.2) is 47.3 Å². The fourth-order valence-corrected chi connectivity index (χ4v) is 10.4. The molecule has 46 heavy (non-hydrogen) atoms. The molecule has 1 amide bonds. The summed E-state index contributed by atoms with van der Waals surface area (Å²) in [6, 6.07) is 11.8. The topological polar surface area (TPSA) is 104 Å². The number of fused-ring (bicyclic) bond motifs is 6. The van der Waals surface area contributed by atoms with Crippen LogP contribution in [0, 0.1) is 40.3 Å². The highest BCUT2D eigenvalue weighted by molar-refractivity contribution is 5.94. The molecule has 4 aliphatic rings. The number of benzene rings is 2. The van der Waals surface area contributed by atoms with E-state index in [1.54, 1.807) is 24.3 Å². The summed E-state index contributed by atoms with van der Waals surface area (Å²) in [5.74, 6) is 1.92. The molecule has 0 spiro atoms. The highest BCUT2D eigenvalue weighted by Crippen LogP contribution is 2.66. The zero-order valence-corrected chi connectivity index (χ0v) is 27.2. The van der Waals surface area contributed by atoms with Gasteiger partial charge in [0.05, 0.1) is 28.9 Å². The average molecular weight is 630 g/mol. The summed E-state index contributed by atoms with van der Waals surface area (Å²) in [6.07, 6.45) is 11.7. The van der Waals surface area contributed by atoms with Gasteiger partial charge in [0.2, 0.25) is 0 Å². The molecule has 0 aliphatic heterocycles. The number of aliphatic hydroxyl groups excluding tert-OH is 1. The molecule has 0 bridgehead atoms. The number of carbonyl (C=O) groups is 1. The normalized spacial score (nSPS) is 33.7. The van der Waals surface area contributed by atoms with Crippen molar-refractivity contribution >= 4 is 16.7 Å². The highest BCUT2D eigenvalue weighted by atomic mass is 19.1. The van der Waals surface area contributed by atoms with Crippen LogP contribution in [0.25, 0.3) is 10.8 Å². The van der Waals surface area contributed by atoms with Crippen LogP contribution in [-0.2, 0) is 11.2 Å². The van der Waals surface area contributed by atoms with E-state index in [0.29, 0.717) is 54.3 Å². The number of amides is 1. The van der Waals surface area contributed by atoms with Gasteiger partial charge in [-0.2, -0.15) is 5.10 Å². The van der Waals surface area contributed by atoms with Crippen molar-refractivity contribution in [2.75, 3.05) is 13.2 Å². The number of H-pyrrole nitrogens is 1. The van der Waals surface area contributed by atoms with Gasteiger partial charge in [0, 0.05) is 25.0 Å². The second-order valence-electron chi connectivity index (χ2n) is 15.2. The lowest BCUT2D eigenvalue weighted by atomic mass is 9.45. The van der Waals surface area contributed by atoms with Gasteiger partial charge in [-0.05, 0) is 122 Å². The standard InChI is InChI=1S/C38H48FN3O4/c1-37-16-14-25(43)22-24(37)9-10-28-30-11-13-34(38(30,2)17-15-31(28)37)46-19-5-18-40-35(44)29-20-23(8-12-32(29)39)21-33-26-6-3-4-7-27(26)36(45)42-41-33/h3-4,6-8,12,20,24-25,28,30-31,34,43H,5,9-11,13-19,21-22H2,1-2H3,(H,40,44)(H,42,45)/t24-,25?,28-,30-,31-,34-,37-,38-/m0/s1. The molecule has 4 aliphatic carbocycles. The lowest BCUT2D eigenvalue weighted by Gasteiger charge is -2.60. The van der Waals surface area contributed by atoms with Gasteiger partial charge in [0.1, 0.15) is 5.82 Å². The van der Waals surface area contributed by atoms with Gasteiger partial charge < -0.3 is 15.2 Å². The van der Waals surface area contributed by atoms with Crippen molar-refractivity contribution in [3.63, 3.8) is 0 Å². The smallest absolute Gasteiger partial charge is 0.272 e. The fraction of sp³-hybridized carbons (Fsp3) is 0.605. The molecule has 7 nitrogen and oxygen atoms in total. The van der Waals surface area contributed by atoms with E-state index in [0.717, 1.165) is 42.0 Å². The highest BCUT2D eigenvalue weighted by Gasteiger charge is 2.60. The maximum Gasteiger partial charge on any atom is 0.272 e. The van der Waals surface area contributed by atoms with E-state index in [-0.39, 0.29) is 28.7 Å². The number of halogens is 1. The number of carbonyl (C=O) groups excluding carboxylic acids is 1. The average Bonchev–Trinajstić information content (AvgIpc) is 3.39. The van der Waals surface area contributed by atoms with Gasteiger partial charge in [-0.25, -0.2) is 9.49 Å². The summed E-state index contributed by atoms with van der Waals surface area (Å²) in [5.41, 5.74) is 1.74. The molecule has 2 aromatic carbocycles. The molecule has 3 aromatic rings. The zero-order chi connectivity index (χ0) is 32.1. The Labute approximate surface area is 270 Å². The molecule has 4 fully saturated rings. The first-order chi connectivity index (χ1) is 22.2. The van der Waals surface area contributed by atoms with Gasteiger partial charge in [0.25, 0.3) is 11.5 Å². The minimum atomic E-state index is -0.565. The van der Waals surface area contributed by atoms with Crippen molar-refractivity contribution in [2.45, 2.75) is 96.7 Å². The summed E-state index contributed by atoms with van der Waals surface area (Å²) >= 11 is 0. The minimum Gasteiger partial charge on any atom is -0.393 e. The number of ether oxygens (including phenoxy) is 1. The third kappa shape index (κ3) is 5.59. The molecule has 7 rings (SSSR count). The summed E-state index contributed by atoms with van der Waals surface area (Å²) in [4.78, 5) is 25.1. The molecular formula is C38H48FN3O4. The zero-order valence-electron chi connectivity index (χ0n) is 27.2. The van der Waals surface area contributed by atoms with Crippen molar-refractivity contribution in [1.29, 1.82) is 0 Å². The van der Waals surface area contributed by atoms with E-state index in [9.17, 15) is 19.1 Å². The maximum absolute atomic E-state index is 14.7. The monoisotopic (exact) mass is 629 g/mol. The van der Waals surface area contributed by atoms with Crippen molar-refractivity contribution in [3.05, 3.63) is 75.5 Å². The Morgan fingerprint density at radius 3 is 2.65 bits per heavy atom. The number of aromatic amines is 1. The molecule has 1 aromatic heterocycles.